The largest absolute Gasteiger partial charge is 0.397 e. The van der Waals surface area contributed by atoms with Crippen LogP contribution in [0.1, 0.15) is 6.42 Å². The molecule has 1 aliphatic heterocycles. The molecule has 0 atom stereocenters. The molecular formula is C13H19N3O2S. The number of hydrogen-bond donors (Lipinski definition) is 2. The van der Waals surface area contributed by atoms with Crippen LogP contribution in [0.4, 0.5) is 11.4 Å². The topological polar surface area (TPSA) is 75.4 Å². The quantitative estimate of drug-likeness (QED) is 0.795. The highest BCUT2D eigenvalue weighted by Crippen LogP contribution is 2.16. The van der Waals surface area contributed by atoms with Crippen molar-refractivity contribution in [3.63, 3.8) is 0 Å². The molecule has 19 heavy (non-hydrogen) atoms. The van der Waals surface area contributed by atoms with Crippen LogP contribution in [0.2, 0.25) is 0 Å². The van der Waals surface area contributed by atoms with Crippen molar-refractivity contribution in [2.24, 2.45) is 0 Å². The van der Waals surface area contributed by atoms with Crippen LogP contribution >= 0.6 is 0 Å². The van der Waals surface area contributed by atoms with Crippen molar-refractivity contribution in [1.82, 2.24) is 4.90 Å². The van der Waals surface area contributed by atoms with Crippen molar-refractivity contribution in [2.45, 2.75) is 6.42 Å². The van der Waals surface area contributed by atoms with Crippen LogP contribution in [0.5, 0.6) is 0 Å². The molecule has 1 aliphatic rings. The Morgan fingerprint density at radius 3 is 2.68 bits per heavy atom. The number of anilines is 2. The van der Waals surface area contributed by atoms with Crippen molar-refractivity contribution in [3.05, 3.63) is 24.3 Å². The second kappa shape index (κ2) is 6.68. The third-order valence-corrected chi connectivity index (χ3v) is 4.44. The van der Waals surface area contributed by atoms with E-state index < -0.39 is 10.8 Å². The monoisotopic (exact) mass is 281 g/mol. The van der Waals surface area contributed by atoms with Crippen LogP contribution in [-0.2, 0) is 15.6 Å². The Balaban J connectivity index is 1.76. The molecule has 0 spiro atoms. The second-order valence-corrected chi connectivity index (χ2v) is 6.27. The van der Waals surface area contributed by atoms with Gasteiger partial charge < -0.3 is 16.0 Å². The first-order chi connectivity index (χ1) is 9.15. The Hall–Kier alpha value is -1.40. The van der Waals surface area contributed by atoms with E-state index in [1.165, 1.54) is 0 Å². The summed E-state index contributed by atoms with van der Waals surface area (Å²) in [6.07, 6.45) is 0.432. The predicted octanol–water partition coefficient (Wildman–Crippen LogP) is 0.662. The molecule has 1 heterocycles. The third kappa shape index (κ3) is 4.33. The molecule has 0 radical (unpaired) electrons. The fourth-order valence-corrected chi connectivity index (χ4v) is 3.11. The van der Waals surface area contributed by atoms with Gasteiger partial charge in [0.2, 0.25) is 5.91 Å². The van der Waals surface area contributed by atoms with Crippen LogP contribution in [-0.4, -0.2) is 46.2 Å². The van der Waals surface area contributed by atoms with Crippen molar-refractivity contribution in [1.29, 1.82) is 0 Å². The number of para-hydroxylation sites is 2. The Morgan fingerprint density at radius 1 is 1.32 bits per heavy atom. The Kier molecular flexibility index (Phi) is 4.93. The molecule has 5 nitrogen and oxygen atoms in total. The predicted molar refractivity (Wildman–Crippen MR) is 78.4 cm³/mol. The SMILES string of the molecule is Nc1ccccc1NC(=O)CCN1CCS(=O)CC1. The summed E-state index contributed by atoms with van der Waals surface area (Å²) < 4.78 is 11.2. The number of rotatable bonds is 4. The highest BCUT2D eigenvalue weighted by atomic mass is 32.2. The van der Waals surface area contributed by atoms with E-state index in [1.807, 2.05) is 12.1 Å². The number of nitrogens with two attached hydrogens (primary N) is 1. The van der Waals surface area contributed by atoms with Crippen LogP contribution in [0.25, 0.3) is 0 Å². The summed E-state index contributed by atoms with van der Waals surface area (Å²) in [7, 11) is -0.669. The molecule has 0 saturated carbocycles. The summed E-state index contributed by atoms with van der Waals surface area (Å²) in [6.45, 7) is 2.33. The number of nitrogens with zero attached hydrogens (tertiary/aromatic N) is 1. The minimum absolute atomic E-state index is 0.0374. The Morgan fingerprint density at radius 2 is 2.00 bits per heavy atom. The number of amides is 1. The van der Waals surface area contributed by atoms with Crippen LogP contribution in [0.15, 0.2) is 24.3 Å². The molecular weight excluding hydrogens is 262 g/mol. The van der Waals surface area contributed by atoms with E-state index in [1.54, 1.807) is 12.1 Å². The fourth-order valence-electron chi connectivity index (χ4n) is 1.98. The fraction of sp³-hybridized carbons (Fsp3) is 0.462. The first-order valence-corrected chi connectivity index (χ1v) is 7.85. The molecule has 1 aromatic carbocycles. The third-order valence-electron chi connectivity index (χ3n) is 3.16. The number of nitrogens with one attached hydrogen (secondary N) is 1. The van der Waals surface area contributed by atoms with Gasteiger partial charge in [0.1, 0.15) is 0 Å². The van der Waals surface area contributed by atoms with E-state index in [0.717, 1.165) is 13.1 Å². The lowest BCUT2D eigenvalue weighted by Gasteiger charge is -2.25. The van der Waals surface area contributed by atoms with E-state index in [2.05, 4.69) is 10.2 Å². The van der Waals surface area contributed by atoms with Gasteiger partial charge in [0, 0.05) is 48.4 Å². The van der Waals surface area contributed by atoms with E-state index in [-0.39, 0.29) is 5.91 Å². The summed E-state index contributed by atoms with van der Waals surface area (Å²) in [5.41, 5.74) is 7.00. The van der Waals surface area contributed by atoms with Gasteiger partial charge in [-0.1, -0.05) is 12.1 Å². The number of benzene rings is 1. The molecule has 0 bridgehead atoms. The molecule has 1 saturated heterocycles. The highest BCUT2D eigenvalue weighted by Gasteiger charge is 2.15. The van der Waals surface area contributed by atoms with Gasteiger partial charge in [-0.2, -0.15) is 0 Å². The molecule has 0 unspecified atom stereocenters. The summed E-state index contributed by atoms with van der Waals surface area (Å²) >= 11 is 0. The maximum absolute atomic E-state index is 11.8. The van der Waals surface area contributed by atoms with E-state index >= 15 is 0 Å². The van der Waals surface area contributed by atoms with Gasteiger partial charge in [0.25, 0.3) is 0 Å². The van der Waals surface area contributed by atoms with Crippen molar-refractivity contribution in [2.75, 3.05) is 42.2 Å². The zero-order chi connectivity index (χ0) is 13.7. The molecule has 0 aromatic heterocycles. The minimum Gasteiger partial charge on any atom is -0.397 e. The number of carbonyl (C=O) groups is 1. The zero-order valence-electron chi connectivity index (χ0n) is 10.8. The van der Waals surface area contributed by atoms with Crippen molar-refractivity contribution in [3.8, 4) is 0 Å². The van der Waals surface area contributed by atoms with Crippen molar-refractivity contribution >= 4 is 28.1 Å². The molecule has 1 amide bonds. The van der Waals surface area contributed by atoms with E-state index in [9.17, 15) is 9.00 Å². The first kappa shape index (κ1) is 14.0. The zero-order valence-corrected chi connectivity index (χ0v) is 11.6. The molecule has 1 aromatic rings. The van der Waals surface area contributed by atoms with Crippen molar-refractivity contribution < 1.29 is 9.00 Å². The summed E-state index contributed by atoms with van der Waals surface area (Å²) in [4.78, 5) is 14.0. The maximum Gasteiger partial charge on any atom is 0.225 e. The highest BCUT2D eigenvalue weighted by molar-refractivity contribution is 7.85. The van der Waals surface area contributed by atoms with Crippen LogP contribution < -0.4 is 11.1 Å². The first-order valence-electron chi connectivity index (χ1n) is 6.37. The van der Waals surface area contributed by atoms with E-state index in [0.29, 0.717) is 35.8 Å². The lowest BCUT2D eigenvalue weighted by atomic mass is 10.2. The van der Waals surface area contributed by atoms with Gasteiger partial charge in [-0.15, -0.1) is 0 Å². The van der Waals surface area contributed by atoms with Gasteiger partial charge in [-0.05, 0) is 12.1 Å². The number of hydrogen-bond acceptors (Lipinski definition) is 4. The summed E-state index contributed by atoms with van der Waals surface area (Å²) in [5, 5.41) is 2.81. The number of nitrogen functional groups attached to an aromatic ring is 1. The lowest BCUT2D eigenvalue weighted by molar-refractivity contribution is -0.116. The Bertz CT molecular complexity index is 469. The standard InChI is InChI=1S/C13H19N3O2S/c14-11-3-1-2-4-12(11)15-13(17)5-6-16-7-9-19(18)10-8-16/h1-4H,5-10,14H2,(H,15,17). The van der Waals surface area contributed by atoms with E-state index in [4.69, 9.17) is 5.73 Å². The van der Waals surface area contributed by atoms with Gasteiger partial charge in [0.05, 0.1) is 11.4 Å². The average molecular weight is 281 g/mol. The van der Waals surface area contributed by atoms with Gasteiger partial charge in [-0.3, -0.25) is 9.00 Å². The molecule has 3 N–H and O–H groups in total. The molecule has 104 valence electrons. The smallest absolute Gasteiger partial charge is 0.225 e. The van der Waals surface area contributed by atoms with Gasteiger partial charge >= 0.3 is 0 Å². The Labute approximate surface area is 115 Å². The minimum atomic E-state index is -0.669. The maximum atomic E-state index is 11.8. The number of carbonyl (C=O) groups excluding carboxylic acids is 1. The summed E-state index contributed by atoms with van der Waals surface area (Å²) in [6, 6.07) is 7.22. The molecule has 1 fully saturated rings. The lowest BCUT2D eigenvalue weighted by Crippen LogP contribution is -2.39. The molecule has 0 aliphatic carbocycles. The molecule has 6 heteroatoms. The normalized spacial score (nSPS) is 17.3. The van der Waals surface area contributed by atoms with Crippen LogP contribution in [0.3, 0.4) is 0 Å². The average Bonchev–Trinajstić information content (AvgIpc) is 2.41. The van der Waals surface area contributed by atoms with Crippen LogP contribution in [0, 0.1) is 0 Å². The van der Waals surface area contributed by atoms with Gasteiger partial charge in [0.15, 0.2) is 0 Å². The van der Waals surface area contributed by atoms with Gasteiger partial charge in [-0.25, -0.2) is 0 Å². The molecule has 2 rings (SSSR count). The summed E-state index contributed by atoms with van der Waals surface area (Å²) in [5.74, 6) is 1.39. The second-order valence-electron chi connectivity index (χ2n) is 4.58.